The van der Waals surface area contributed by atoms with Gasteiger partial charge in [0.05, 0.1) is 0 Å². The van der Waals surface area contributed by atoms with E-state index in [4.69, 9.17) is 0 Å². The summed E-state index contributed by atoms with van der Waals surface area (Å²) < 4.78 is 27.0. The van der Waals surface area contributed by atoms with E-state index in [0.29, 0.717) is 24.4 Å². The van der Waals surface area contributed by atoms with Gasteiger partial charge in [0.1, 0.15) is 11.6 Å². The van der Waals surface area contributed by atoms with Crippen molar-refractivity contribution in [3.8, 4) is 0 Å². The van der Waals surface area contributed by atoms with Gasteiger partial charge >= 0.3 is 0 Å². The minimum Gasteiger partial charge on any atom is -0.359 e. The molecule has 8 heteroatoms. The van der Waals surface area contributed by atoms with Crippen LogP contribution in [0.2, 0.25) is 0 Å². The van der Waals surface area contributed by atoms with Gasteiger partial charge in [-0.15, -0.1) is 24.0 Å². The van der Waals surface area contributed by atoms with Gasteiger partial charge in [0.2, 0.25) is 5.91 Å². The van der Waals surface area contributed by atoms with E-state index in [0.717, 1.165) is 44.5 Å². The fraction of sp³-hybridized carbons (Fsp3) is 0.600. The highest BCUT2D eigenvalue weighted by Crippen LogP contribution is 2.22. The van der Waals surface area contributed by atoms with Gasteiger partial charge in [-0.2, -0.15) is 0 Å². The molecule has 0 aromatic heterocycles. The second-order valence-corrected chi connectivity index (χ2v) is 7.07. The van der Waals surface area contributed by atoms with E-state index in [2.05, 4.69) is 20.5 Å². The van der Waals surface area contributed by atoms with Crippen molar-refractivity contribution >= 4 is 35.8 Å². The number of halogens is 3. The van der Waals surface area contributed by atoms with Crippen LogP contribution in [0.1, 0.15) is 44.6 Å². The first-order valence-electron chi connectivity index (χ1n) is 9.63. The normalized spacial score (nSPS) is 16.3. The summed E-state index contributed by atoms with van der Waals surface area (Å²) in [5.41, 5.74) is 0.472. The molecular formula is C20H31F2IN4O. The quantitative estimate of drug-likeness (QED) is 0.352. The molecule has 28 heavy (non-hydrogen) atoms. The predicted octanol–water partition coefficient (Wildman–Crippen LogP) is 3.50. The van der Waals surface area contributed by atoms with E-state index in [9.17, 15) is 13.6 Å². The molecule has 1 unspecified atom stereocenters. The maximum absolute atomic E-state index is 14.0. The predicted molar refractivity (Wildman–Crippen MR) is 119 cm³/mol. The van der Waals surface area contributed by atoms with E-state index in [-0.39, 0.29) is 35.8 Å². The first-order valence-corrected chi connectivity index (χ1v) is 9.63. The number of hydrogen-bond acceptors (Lipinski definition) is 2. The average Bonchev–Trinajstić information content (AvgIpc) is 2.65. The van der Waals surface area contributed by atoms with Crippen LogP contribution in [0.5, 0.6) is 0 Å². The Morgan fingerprint density at radius 1 is 1.32 bits per heavy atom. The first kappa shape index (κ1) is 24.6. The number of guanidine groups is 1. The van der Waals surface area contributed by atoms with Crippen molar-refractivity contribution in [1.29, 1.82) is 0 Å². The van der Waals surface area contributed by atoms with Crippen LogP contribution >= 0.6 is 24.0 Å². The molecule has 1 saturated heterocycles. The molecule has 1 amide bonds. The zero-order chi connectivity index (χ0) is 19.8. The summed E-state index contributed by atoms with van der Waals surface area (Å²) in [6.07, 6.45) is 2.46. The highest BCUT2D eigenvalue weighted by atomic mass is 127. The van der Waals surface area contributed by atoms with Crippen LogP contribution in [0.15, 0.2) is 23.2 Å². The van der Waals surface area contributed by atoms with Gasteiger partial charge in [-0.1, -0.05) is 13.0 Å². The monoisotopic (exact) mass is 508 g/mol. The molecular weight excluding hydrogens is 477 g/mol. The minimum atomic E-state index is -0.570. The Morgan fingerprint density at radius 2 is 2.00 bits per heavy atom. The Morgan fingerprint density at radius 3 is 2.57 bits per heavy atom. The molecule has 0 aliphatic carbocycles. The third-order valence-corrected chi connectivity index (χ3v) is 5.01. The van der Waals surface area contributed by atoms with Crippen molar-refractivity contribution < 1.29 is 13.6 Å². The lowest BCUT2D eigenvalue weighted by Gasteiger charge is -2.34. The molecule has 158 valence electrons. The van der Waals surface area contributed by atoms with Crippen molar-refractivity contribution in [2.75, 3.05) is 33.2 Å². The van der Waals surface area contributed by atoms with Crippen molar-refractivity contribution in [2.45, 2.75) is 39.0 Å². The molecule has 1 aromatic carbocycles. The smallest absolute Gasteiger partial charge is 0.220 e. The molecule has 1 heterocycles. The Balaban J connectivity index is 0.00000392. The van der Waals surface area contributed by atoms with Gasteiger partial charge in [-0.05, 0) is 37.3 Å². The van der Waals surface area contributed by atoms with E-state index in [1.54, 1.807) is 7.05 Å². The summed E-state index contributed by atoms with van der Waals surface area (Å²) in [4.78, 5) is 18.4. The molecule has 0 radical (unpaired) electrons. The third-order valence-electron chi connectivity index (χ3n) is 5.01. The van der Waals surface area contributed by atoms with Gasteiger partial charge in [0.15, 0.2) is 5.96 Å². The standard InChI is InChI=1S/C20H30F2N4O.HI/c1-4-24-20(26-9-7-15(8-10-26)11-19(27)23-3)25-13-14(2)17-6-5-16(21)12-18(17)22;/h5-6,12,14-15H,4,7-11,13H2,1-3H3,(H,23,27)(H,24,25);1H. The molecule has 1 fully saturated rings. The molecule has 1 aliphatic heterocycles. The van der Waals surface area contributed by atoms with E-state index < -0.39 is 11.6 Å². The lowest BCUT2D eigenvalue weighted by atomic mass is 9.93. The van der Waals surface area contributed by atoms with Crippen molar-refractivity contribution in [1.82, 2.24) is 15.5 Å². The van der Waals surface area contributed by atoms with E-state index >= 15 is 0 Å². The van der Waals surface area contributed by atoms with Crippen molar-refractivity contribution in [2.24, 2.45) is 10.9 Å². The number of likely N-dealkylation sites (tertiary alicyclic amines) is 1. The highest BCUT2D eigenvalue weighted by molar-refractivity contribution is 14.0. The van der Waals surface area contributed by atoms with Crippen molar-refractivity contribution in [3.05, 3.63) is 35.4 Å². The molecule has 1 aromatic rings. The second kappa shape index (κ2) is 12.2. The molecule has 0 bridgehead atoms. The number of piperidine rings is 1. The van der Waals surface area contributed by atoms with Gasteiger partial charge in [-0.25, -0.2) is 8.78 Å². The third kappa shape index (κ3) is 7.18. The Bertz CT molecular complexity index is 664. The number of aliphatic imine (C=N–C) groups is 1. The fourth-order valence-electron chi connectivity index (χ4n) is 3.36. The maximum atomic E-state index is 14.0. The molecule has 0 spiro atoms. The van der Waals surface area contributed by atoms with Crippen LogP contribution in [0, 0.1) is 17.6 Å². The summed E-state index contributed by atoms with van der Waals surface area (Å²) in [7, 11) is 1.67. The van der Waals surface area contributed by atoms with Crippen LogP contribution in [-0.2, 0) is 4.79 Å². The van der Waals surface area contributed by atoms with Crippen molar-refractivity contribution in [3.63, 3.8) is 0 Å². The summed E-state index contributed by atoms with van der Waals surface area (Å²) >= 11 is 0. The number of hydrogen-bond donors (Lipinski definition) is 2. The van der Waals surface area contributed by atoms with Gasteiger partial charge < -0.3 is 15.5 Å². The molecule has 5 nitrogen and oxygen atoms in total. The van der Waals surface area contributed by atoms with Crippen LogP contribution in [0.3, 0.4) is 0 Å². The number of nitrogens with zero attached hydrogens (tertiary/aromatic N) is 2. The molecule has 1 aliphatic rings. The number of nitrogens with one attached hydrogen (secondary N) is 2. The minimum absolute atomic E-state index is 0. The van der Waals surface area contributed by atoms with Crippen LogP contribution < -0.4 is 10.6 Å². The van der Waals surface area contributed by atoms with Crippen LogP contribution in [0.25, 0.3) is 0 Å². The first-order chi connectivity index (χ1) is 12.9. The Kier molecular flexibility index (Phi) is 10.7. The average molecular weight is 508 g/mol. The zero-order valence-electron chi connectivity index (χ0n) is 16.8. The van der Waals surface area contributed by atoms with Crippen LogP contribution in [-0.4, -0.2) is 50.0 Å². The maximum Gasteiger partial charge on any atom is 0.220 e. The summed E-state index contributed by atoms with van der Waals surface area (Å²) in [5, 5.41) is 5.97. The number of carbonyl (C=O) groups is 1. The number of amides is 1. The lowest BCUT2D eigenvalue weighted by molar-refractivity contribution is -0.121. The Hall–Kier alpha value is -1.45. The molecule has 0 saturated carbocycles. The van der Waals surface area contributed by atoms with Crippen LogP contribution in [0.4, 0.5) is 8.78 Å². The van der Waals surface area contributed by atoms with Gasteiger partial charge in [0.25, 0.3) is 0 Å². The fourth-order valence-corrected chi connectivity index (χ4v) is 3.36. The molecule has 2 rings (SSSR count). The van der Waals surface area contributed by atoms with Gasteiger partial charge in [-0.3, -0.25) is 9.79 Å². The summed E-state index contributed by atoms with van der Waals surface area (Å²) in [6, 6.07) is 3.68. The number of benzene rings is 1. The zero-order valence-corrected chi connectivity index (χ0v) is 19.1. The van der Waals surface area contributed by atoms with E-state index in [1.165, 1.54) is 12.1 Å². The lowest BCUT2D eigenvalue weighted by Crippen LogP contribution is -2.46. The number of carbonyl (C=O) groups excluding carboxylic acids is 1. The highest BCUT2D eigenvalue weighted by Gasteiger charge is 2.23. The second-order valence-electron chi connectivity index (χ2n) is 7.07. The SMILES string of the molecule is CCNC(=NCC(C)c1ccc(F)cc1F)N1CCC(CC(=O)NC)CC1.I. The van der Waals surface area contributed by atoms with E-state index in [1.807, 2.05) is 13.8 Å². The molecule has 2 N–H and O–H groups in total. The summed E-state index contributed by atoms with van der Waals surface area (Å²) in [5.74, 6) is 0.0495. The topological polar surface area (TPSA) is 56.7 Å². The number of rotatable bonds is 6. The largest absolute Gasteiger partial charge is 0.359 e. The summed E-state index contributed by atoms with van der Waals surface area (Å²) in [6.45, 7) is 6.74. The molecule has 1 atom stereocenters. The Labute approximate surface area is 183 Å². The van der Waals surface area contributed by atoms with Gasteiger partial charge in [0, 0.05) is 51.6 Å².